The molecule has 3 saturated heterocycles. The summed E-state index contributed by atoms with van der Waals surface area (Å²) in [6.45, 7) is -8.27. The number of rotatable bonds is 29. The summed E-state index contributed by atoms with van der Waals surface area (Å²) in [7, 11) is 1.31. The van der Waals surface area contributed by atoms with E-state index in [1.807, 2.05) is 0 Å². The molecular weight excluding hydrogens is 1180 g/mol. The summed E-state index contributed by atoms with van der Waals surface area (Å²) in [5, 5.41) is 2.59. The quantitative estimate of drug-likeness (QED) is 0.0217. The molecule has 81 heavy (non-hydrogen) atoms. The lowest BCUT2D eigenvalue weighted by atomic mass is 10.1. The van der Waals surface area contributed by atoms with Crippen LogP contribution in [0.15, 0.2) is 34.0 Å². The number of nitrogen functional groups attached to an aromatic ring is 2. The summed E-state index contributed by atoms with van der Waals surface area (Å²) in [6.07, 6.45) is -12.8. The lowest BCUT2D eigenvalue weighted by Gasteiger charge is -2.35. The first-order chi connectivity index (χ1) is 38.5. The van der Waals surface area contributed by atoms with Gasteiger partial charge >= 0.3 is 27.1 Å². The Kier molecular flexibility index (Phi) is 21.0. The number of fused-ring (bicyclic) bond motifs is 2. The molecule has 0 bridgehead atoms. The third-order valence-corrected chi connectivity index (χ3v) is 16.4. The minimum absolute atomic E-state index is 0.00820. The van der Waals surface area contributed by atoms with E-state index < -0.39 is 131 Å². The average Bonchev–Trinajstić information content (AvgIpc) is 3.49. The minimum atomic E-state index is -4.65. The molecule has 0 saturated carbocycles. The molecule has 4 aliphatic rings. The van der Waals surface area contributed by atoms with Crippen molar-refractivity contribution in [3.05, 3.63) is 45.1 Å². The van der Waals surface area contributed by atoms with Gasteiger partial charge < -0.3 is 93.6 Å². The molecule has 0 aromatic carbocycles. The monoisotopic (exact) mass is 1250 g/mol. The molecule has 7 unspecified atom stereocenters. The molecule has 0 aliphatic carbocycles. The van der Waals surface area contributed by atoms with Crippen LogP contribution in [-0.2, 0) is 98.2 Å². The highest BCUT2D eigenvalue weighted by atomic mass is 32.5. The van der Waals surface area contributed by atoms with Crippen LogP contribution in [0.4, 0.5) is 16.7 Å². The van der Waals surface area contributed by atoms with Crippen molar-refractivity contribution in [1.29, 1.82) is 0 Å². The number of imidazole rings is 2. The van der Waals surface area contributed by atoms with E-state index in [1.54, 1.807) is 6.92 Å². The van der Waals surface area contributed by atoms with E-state index in [9.17, 15) is 33.6 Å². The molecule has 3 fully saturated rings. The van der Waals surface area contributed by atoms with Gasteiger partial charge in [-0.15, -0.1) is 0 Å². The van der Waals surface area contributed by atoms with Gasteiger partial charge in [0.05, 0.1) is 72.1 Å². The fraction of sp³-hybridized carbons (Fsp3) is 0.683. The first-order valence-corrected chi connectivity index (χ1v) is 31.7. The van der Waals surface area contributed by atoms with E-state index >= 15 is 0 Å². The van der Waals surface area contributed by atoms with Crippen molar-refractivity contribution in [2.75, 3.05) is 106 Å². The number of ether oxygens (including phenoxy) is 10. The zero-order valence-corrected chi connectivity index (χ0v) is 48.5. The second-order valence-corrected chi connectivity index (χ2v) is 25.8. The molecule has 4 aromatic heterocycles. The summed E-state index contributed by atoms with van der Waals surface area (Å²) in [5.74, 6) is -0.485. The maximum Gasteiger partial charge on any atom is 0.325 e. The number of hydrogen-bond acceptors (Lipinski definition) is 28. The van der Waals surface area contributed by atoms with Crippen LogP contribution in [0.5, 0.6) is 0 Å². The first kappa shape index (κ1) is 63.1. The van der Waals surface area contributed by atoms with Gasteiger partial charge in [-0.1, -0.05) is 0 Å². The average molecular weight is 1250 g/mol. The number of amides is 2. The Labute approximate surface area is 470 Å². The van der Waals surface area contributed by atoms with Crippen molar-refractivity contribution < 1.29 is 94.0 Å². The number of carbonyl (C=O) groups excluding carboxylic acids is 1. The third-order valence-electron chi connectivity index (χ3n) is 12.7. The topological polar surface area (TPSA) is 454 Å². The highest BCUT2D eigenvalue weighted by Gasteiger charge is 2.55. The number of aromatic amines is 2. The van der Waals surface area contributed by atoms with Gasteiger partial charge in [-0.05, 0) is 36.1 Å². The predicted molar refractivity (Wildman–Crippen MR) is 286 cm³/mol. The van der Waals surface area contributed by atoms with E-state index in [0.717, 1.165) is 11.6 Å². The van der Waals surface area contributed by atoms with E-state index in [0.29, 0.717) is 5.57 Å². The fourth-order valence-electron chi connectivity index (χ4n) is 9.14. The Morgan fingerprint density at radius 1 is 0.630 bits per heavy atom. The van der Waals surface area contributed by atoms with Gasteiger partial charge in [0.2, 0.25) is 11.9 Å². The second-order valence-electron chi connectivity index (χ2n) is 18.4. The number of H-pyrrole nitrogens is 2. The summed E-state index contributed by atoms with van der Waals surface area (Å²) in [4.78, 5) is 96.6. The lowest BCUT2D eigenvalue weighted by molar-refractivity contribution is -0.0901. The summed E-state index contributed by atoms with van der Waals surface area (Å²) in [6, 6.07) is -0.704. The molecule has 4 aromatic rings. The Hall–Kier alpha value is -3.92. The van der Waals surface area contributed by atoms with Gasteiger partial charge in [0, 0.05) is 41.3 Å². The molecule has 8 rings (SSSR count). The van der Waals surface area contributed by atoms with E-state index in [4.69, 9.17) is 111 Å². The summed E-state index contributed by atoms with van der Waals surface area (Å²) in [5.41, 5.74) is 16.9. The molecular formula is C41H64N13O22P3S2. The molecule has 12 N–H and O–H groups in total. The third kappa shape index (κ3) is 15.0. The molecule has 2 amide bonds. The van der Waals surface area contributed by atoms with Gasteiger partial charge in [0.1, 0.15) is 61.1 Å². The summed E-state index contributed by atoms with van der Waals surface area (Å²) < 4.78 is 105. The summed E-state index contributed by atoms with van der Waals surface area (Å²) >= 11 is 11.3. The number of anilines is 2. The van der Waals surface area contributed by atoms with Gasteiger partial charge in [-0.2, -0.15) is 9.97 Å². The van der Waals surface area contributed by atoms with Crippen molar-refractivity contribution in [2.24, 2.45) is 5.73 Å². The first-order valence-electron chi connectivity index (χ1n) is 24.5. The minimum Gasteiger partial charge on any atom is -0.382 e. The van der Waals surface area contributed by atoms with Gasteiger partial charge in [0.25, 0.3) is 11.1 Å². The number of aromatic nitrogens is 8. The Morgan fingerprint density at radius 3 is 1.46 bits per heavy atom. The van der Waals surface area contributed by atoms with Crippen LogP contribution in [0.2, 0.25) is 0 Å². The zero-order chi connectivity index (χ0) is 58.6. The van der Waals surface area contributed by atoms with Crippen LogP contribution in [0.25, 0.3) is 22.3 Å². The number of nitrogens with zero attached hydrogens (tertiary/aromatic N) is 7. The molecule has 16 atom stereocenters. The molecule has 0 spiro atoms. The molecule has 452 valence electrons. The number of nitrogens with two attached hydrogens (primary N) is 3. The van der Waals surface area contributed by atoms with Crippen LogP contribution in [0, 0.1) is 0 Å². The van der Waals surface area contributed by atoms with Gasteiger partial charge in [0.15, 0.2) is 41.0 Å². The van der Waals surface area contributed by atoms with Gasteiger partial charge in [-0.3, -0.25) is 51.7 Å². The maximum atomic E-state index is 13.4. The molecule has 8 heterocycles. The largest absolute Gasteiger partial charge is 0.382 e. The van der Waals surface area contributed by atoms with Crippen LogP contribution < -0.4 is 33.6 Å². The highest BCUT2D eigenvalue weighted by Crippen LogP contribution is 2.54. The predicted octanol–water partition coefficient (Wildman–Crippen LogP) is -1.67. The van der Waals surface area contributed by atoms with Gasteiger partial charge in [-0.25, -0.2) is 14.8 Å². The zero-order valence-electron chi connectivity index (χ0n) is 44.2. The van der Waals surface area contributed by atoms with E-state index in [-0.39, 0.29) is 80.5 Å². The van der Waals surface area contributed by atoms with E-state index in [1.165, 1.54) is 56.4 Å². The standard InChI is InChI=1S/C41H64N13O22P3S2/c1-19-13-52(41(57)47-31(19)42)36-28(66-10-7-62-2)25(74-77(6,58)59)21(72-36)15-69-79(61,81)76-27-22(73-38(30(27)68-12-9-64-4)54-18-46-24-33(54)49-40(44)51-35(24)56)16-70-78(60,80)75-26-20(14-65-5)71-37(29(26)67-11-8-63-3)53-17-45-23-32(53)48-39(43)50-34(23)55/h13,17-18,20-22,25-31,36-38H,7-12,14-16,42H2,1-6H3,(H,47,57)(H,58,59)(H,60,80)(H,61,81)(H3,43,48,50,55)(H3,44,49,51,56)/t20-,21-,22-,25?,26?,27?,28+,29+,30+,31?,36-,37-,38-,78?,79?/m1/s1. The smallest absolute Gasteiger partial charge is 0.325 e. The van der Waals surface area contributed by atoms with Crippen LogP contribution in [-0.4, -0.2) is 227 Å². The number of nitrogens with one attached hydrogen (secondary N) is 3. The van der Waals surface area contributed by atoms with Crippen molar-refractivity contribution in [2.45, 2.75) is 86.7 Å². The highest BCUT2D eigenvalue weighted by molar-refractivity contribution is 8.07. The normalized spacial score (nSPS) is 30.2. The second kappa shape index (κ2) is 27.0. The van der Waals surface area contributed by atoms with Crippen LogP contribution in [0.1, 0.15) is 19.4 Å². The van der Waals surface area contributed by atoms with Crippen molar-refractivity contribution in [3.63, 3.8) is 0 Å². The Bertz CT molecular complexity index is 3140. The number of methoxy groups -OCH3 is 4. The lowest BCUT2D eigenvalue weighted by Crippen LogP contribution is -2.57. The van der Waals surface area contributed by atoms with Crippen molar-refractivity contribution in [1.82, 2.24) is 49.3 Å². The molecule has 4 aliphatic heterocycles. The number of urea groups is 1. The number of carbonyl (C=O) groups is 1. The Morgan fingerprint density at radius 2 is 1.04 bits per heavy atom. The van der Waals surface area contributed by atoms with Crippen molar-refractivity contribution >= 4 is 84.9 Å². The van der Waals surface area contributed by atoms with Crippen molar-refractivity contribution in [3.8, 4) is 0 Å². The fourth-order valence-corrected chi connectivity index (χ4v) is 12.7. The molecule has 40 heteroatoms. The maximum absolute atomic E-state index is 13.4. The molecule has 0 radical (unpaired) electrons. The van der Waals surface area contributed by atoms with E-state index in [2.05, 4.69) is 35.2 Å². The number of hydrogen-bond donors (Lipinski definition) is 9. The Balaban J connectivity index is 1.10. The SMILES string of the molecule is COCCO[C@H]1C(OP(C)(=O)O)[C@@H](COP(O)(=S)OC2[C@@H](COP(O)(=S)OC3[C@@H](COC)O[C@@H](n4cnc5c(=O)[nH]c(N)nc54)[C@H]3OCCOC)O[C@@H](n3cnc4c(=O)[nH]c(N)nc43)[C@H]2OCCOC)O[C@H]1N1C=C(C)C(N)NC1=O. The molecule has 35 nitrogen and oxygen atoms in total. The van der Waals surface area contributed by atoms with Crippen LogP contribution >= 0.6 is 21.0 Å². The van der Waals surface area contributed by atoms with Crippen LogP contribution in [0.3, 0.4) is 0 Å².